The zero-order valence-corrected chi connectivity index (χ0v) is 13.2. The SMILES string of the molecule is Clc1ccc(C(c2ccccc2)n2cnc3ccccc32)cc1. The fourth-order valence-electron chi connectivity index (χ4n) is 2.98. The van der Waals surface area contributed by atoms with Gasteiger partial charge in [-0.2, -0.15) is 0 Å². The van der Waals surface area contributed by atoms with Crippen LogP contribution >= 0.6 is 11.6 Å². The molecule has 23 heavy (non-hydrogen) atoms. The van der Waals surface area contributed by atoms with Gasteiger partial charge >= 0.3 is 0 Å². The minimum Gasteiger partial charge on any atom is -0.319 e. The molecule has 0 saturated heterocycles. The predicted molar refractivity (Wildman–Crippen MR) is 94.9 cm³/mol. The first kappa shape index (κ1) is 14.0. The molecule has 2 nitrogen and oxygen atoms in total. The van der Waals surface area contributed by atoms with Crippen LogP contribution in [0.1, 0.15) is 17.2 Å². The molecule has 3 aromatic carbocycles. The summed E-state index contributed by atoms with van der Waals surface area (Å²) < 4.78 is 2.22. The Hall–Kier alpha value is -2.58. The number of benzene rings is 3. The number of fused-ring (bicyclic) bond motifs is 1. The fraction of sp³-hybridized carbons (Fsp3) is 0.0500. The minimum absolute atomic E-state index is 0.0702. The van der Waals surface area contributed by atoms with Crippen molar-refractivity contribution in [1.82, 2.24) is 9.55 Å². The lowest BCUT2D eigenvalue weighted by molar-refractivity contribution is 0.697. The summed E-state index contributed by atoms with van der Waals surface area (Å²) in [5, 5.41) is 0.746. The van der Waals surface area contributed by atoms with Crippen LogP contribution in [0.4, 0.5) is 0 Å². The van der Waals surface area contributed by atoms with Crippen LogP contribution in [0.3, 0.4) is 0 Å². The zero-order valence-electron chi connectivity index (χ0n) is 12.4. The monoisotopic (exact) mass is 318 g/mol. The summed E-state index contributed by atoms with van der Waals surface area (Å²) in [6.07, 6.45) is 1.91. The number of aromatic nitrogens is 2. The Bertz CT molecular complexity index is 927. The third kappa shape index (κ3) is 2.62. The van der Waals surface area contributed by atoms with E-state index in [1.54, 1.807) is 0 Å². The highest BCUT2D eigenvalue weighted by atomic mass is 35.5. The van der Waals surface area contributed by atoms with E-state index in [1.807, 2.05) is 42.7 Å². The van der Waals surface area contributed by atoms with Gasteiger partial charge in [0.15, 0.2) is 0 Å². The van der Waals surface area contributed by atoms with E-state index in [2.05, 4.69) is 52.0 Å². The zero-order chi connectivity index (χ0) is 15.6. The van der Waals surface area contributed by atoms with Crippen molar-refractivity contribution in [3.8, 4) is 0 Å². The van der Waals surface area contributed by atoms with Crippen LogP contribution < -0.4 is 0 Å². The van der Waals surface area contributed by atoms with Gasteiger partial charge in [-0.3, -0.25) is 0 Å². The highest BCUT2D eigenvalue weighted by Crippen LogP contribution is 2.30. The van der Waals surface area contributed by atoms with E-state index >= 15 is 0 Å². The first-order chi connectivity index (χ1) is 11.3. The second-order valence-electron chi connectivity index (χ2n) is 5.51. The maximum atomic E-state index is 6.06. The van der Waals surface area contributed by atoms with Crippen molar-refractivity contribution in [2.75, 3.05) is 0 Å². The van der Waals surface area contributed by atoms with Gasteiger partial charge < -0.3 is 4.57 Å². The molecule has 0 aliphatic heterocycles. The van der Waals surface area contributed by atoms with Crippen molar-refractivity contribution in [1.29, 1.82) is 0 Å². The molecule has 0 N–H and O–H groups in total. The van der Waals surface area contributed by atoms with E-state index in [4.69, 9.17) is 11.6 Å². The van der Waals surface area contributed by atoms with Gasteiger partial charge in [0.1, 0.15) is 0 Å². The Kier molecular flexibility index (Phi) is 3.60. The lowest BCUT2D eigenvalue weighted by Crippen LogP contribution is -2.11. The Balaban J connectivity index is 1.94. The summed E-state index contributed by atoms with van der Waals surface area (Å²) in [6, 6.07) is 26.8. The third-order valence-corrected chi connectivity index (χ3v) is 4.31. The normalized spacial score (nSPS) is 12.4. The van der Waals surface area contributed by atoms with E-state index in [9.17, 15) is 0 Å². The molecule has 0 bridgehead atoms. The van der Waals surface area contributed by atoms with Crippen molar-refractivity contribution in [2.24, 2.45) is 0 Å². The molecule has 0 saturated carbocycles. The summed E-state index contributed by atoms with van der Waals surface area (Å²) in [5.41, 5.74) is 4.53. The smallest absolute Gasteiger partial charge is 0.0966 e. The number of para-hydroxylation sites is 2. The third-order valence-electron chi connectivity index (χ3n) is 4.06. The van der Waals surface area contributed by atoms with Crippen molar-refractivity contribution >= 4 is 22.6 Å². The molecule has 0 fully saturated rings. The molecular weight excluding hydrogens is 304 g/mol. The quantitative estimate of drug-likeness (QED) is 0.499. The van der Waals surface area contributed by atoms with Crippen LogP contribution in [-0.4, -0.2) is 9.55 Å². The second kappa shape index (κ2) is 5.90. The van der Waals surface area contributed by atoms with Crippen molar-refractivity contribution < 1.29 is 0 Å². The Labute approximate surface area is 140 Å². The standard InChI is InChI=1S/C20H15ClN2/c21-17-12-10-16(11-13-17)20(15-6-2-1-3-7-15)23-14-22-18-8-4-5-9-19(18)23/h1-14,20H. The number of imidazole rings is 1. The van der Waals surface area contributed by atoms with Gasteiger partial charge in [0, 0.05) is 5.02 Å². The maximum absolute atomic E-state index is 6.06. The highest BCUT2D eigenvalue weighted by Gasteiger charge is 2.18. The van der Waals surface area contributed by atoms with Gasteiger partial charge in [0.05, 0.1) is 23.4 Å². The molecular formula is C20H15ClN2. The molecule has 0 radical (unpaired) electrons. The Morgan fingerprint density at radius 3 is 2.17 bits per heavy atom. The van der Waals surface area contributed by atoms with Crippen LogP contribution in [0.5, 0.6) is 0 Å². The van der Waals surface area contributed by atoms with E-state index in [0.29, 0.717) is 0 Å². The number of nitrogens with zero attached hydrogens (tertiary/aromatic N) is 2. The number of halogens is 1. The van der Waals surface area contributed by atoms with E-state index in [1.165, 1.54) is 11.1 Å². The molecule has 0 aliphatic rings. The second-order valence-corrected chi connectivity index (χ2v) is 5.94. The lowest BCUT2D eigenvalue weighted by atomic mass is 9.98. The summed E-state index contributed by atoms with van der Waals surface area (Å²) in [7, 11) is 0. The van der Waals surface area contributed by atoms with Gasteiger partial charge in [-0.1, -0.05) is 66.2 Å². The summed E-state index contributed by atoms with van der Waals surface area (Å²) in [5.74, 6) is 0. The largest absolute Gasteiger partial charge is 0.319 e. The topological polar surface area (TPSA) is 17.8 Å². The number of hydrogen-bond acceptors (Lipinski definition) is 1. The predicted octanol–water partition coefficient (Wildman–Crippen LogP) is 5.33. The average Bonchev–Trinajstić information content (AvgIpc) is 3.02. The number of hydrogen-bond donors (Lipinski definition) is 0. The average molecular weight is 319 g/mol. The summed E-state index contributed by atoms with van der Waals surface area (Å²) >= 11 is 6.06. The molecule has 0 amide bonds. The van der Waals surface area contributed by atoms with Crippen LogP contribution in [0.25, 0.3) is 11.0 Å². The first-order valence-corrected chi connectivity index (χ1v) is 7.93. The molecule has 1 heterocycles. The maximum Gasteiger partial charge on any atom is 0.0966 e. The molecule has 4 rings (SSSR count). The molecule has 4 aromatic rings. The van der Waals surface area contributed by atoms with Gasteiger partial charge in [-0.05, 0) is 35.4 Å². The van der Waals surface area contributed by atoms with E-state index in [0.717, 1.165) is 16.1 Å². The summed E-state index contributed by atoms with van der Waals surface area (Å²) in [4.78, 5) is 4.55. The van der Waals surface area contributed by atoms with Gasteiger partial charge in [-0.15, -0.1) is 0 Å². The molecule has 1 aromatic heterocycles. The van der Waals surface area contributed by atoms with E-state index < -0.39 is 0 Å². The van der Waals surface area contributed by atoms with Gasteiger partial charge in [0.2, 0.25) is 0 Å². The Morgan fingerprint density at radius 1 is 0.739 bits per heavy atom. The molecule has 1 unspecified atom stereocenters. The molecule has 0 aliphatic carbocycles. The van der Waals surface area contributed by atoms with Gasteiger partial charge in [-0.25, -0.2) is 4.98 Å². The molecule has 1 atom stereocenters. The van der Waals surface area contributed by atoms with Crippen LogP contribution in [-0.2, 0) is 0 Å². The van der Waals surface area contributed by atoms with E-state index in [-0.39, 0.29) is 6.04 Å². The highest BCUT2D eigenvalue weighted by molar-refractivity contribution is 6.30. The van der Waals surface area contributed by atoms with Crippen molar-refractivity contribution in [3.63, 3.8) is 0 Å². The molecule has 112 valence electrons. The van der Waals surface area contributed by atoms with Crippen LogP contribution in [0.15, 0.2) is 85.2 Å². The fourth-order valence-corrected chi connectivity index (χ4v) is 3.10. The Morgan fingerprint density at radius 2 is 1.39 bits per heavy atom. The summed E-state index contributed by atoms with van der Waals surface area (Å²) in [6.45, 7) is 0. The number of rotatable bonds is 3. The van der Waals surface area contributed by atoms with Gasteiger partial charge in [0.25, 0.3) is 0 Å². The molecule has 0 spiro atoms. The van der Waals surface area contributed by atoms with Crippen molar-refractivity contribution in [2.45, 2.75) is 6.04 Å². The molecule has 3 heteroatoms. The minimum atomic E-state index is 0.0702. The first-order valence-electron chi connectivity index (χ1n) is 7.55. The lowest BCUT2D eigenvalue weighted by Gasteiger charge is -2.21. The van der Waals surface area contributed by atoms with Crippen molar-refractivity contribution in [3.05, 3.63) is 101 Å². The van der Waals surface area contributed by atoms with Crippen LogP contribution in [0, 0.1) is 0 Å². The van der Waals surface area contributed by atoms with Crippen LogP contribution in [0.2, 0.25) is 5.02 Å².